The maximum Gasteiger partial charge on any atom is 0.252 e. The second kappa shape index (κ2) is 7.95. The zero-order valence-corrected chi connectivity index (χ0v) is 14.0. The predicted octanol–water partition coefficient (Wildman–Crippen LogP) is 2.05. The normalized spacial score (nSPS) is 16.1. The first-order chi connectivity index (χ1) is 9.66. The second-order valence-corrected chi connectivity index (χ2v) is 6.21. The number of aryl methyl sites for hydroxylation is 1. The minimum atomic E-state index is 0.0244. The van der Waals surface area contributed by atoms with Crippen LogP contribution in [-0.2, 0) is 4.74 Å². The molecule has 1 aromatic carbocycles. The largest absolute Gasteiger partial charge is 0.379 e. The van der Waals surface area contributed by atoms with E-state index in [0.29, 0.717) is 0 Å². The summed E-state index contributed by atoms with van der Waals surface area (Å²) in [5.41, 5.74) is 1.95. The minimum absolute atomic E-state index is 0.0244. The van der Waals surface area contributed by atoms with Crippen molar-refractivity contribution in [3.63, 3.8) is 0 Å². The third-order valence-corrected chi connectivity index (χ3v) is 4.30. The third-order valence-electron chi connectivity index (χ3n) is 3.41. The first-order valence-electron chi connectivity index (χ1n) is 7.01. The van der Waals surface area contributed by atoms with Crippen molar-refractivity contribution in [1.29, 1.82) is 0 Å². The Kier molecular flexibility index (Phi) is 6.25. The van der Waals surface area contributed by atoms with Gasteiger partial charge in [-0.3, -0.25) is 9.69 Å². The molecule has 0 aromatic heterocycles. The Labute approximate surface area is 134 Å². The van der Waals surface area contributed by atoms with Crippen LogP contribution in [0.25, 0.3) is 0 Å². The molecule has 1 aliphatic rings. The van der Waals surface area contributed by atoms with Crippen LogP contribution in [0.1, 0.15) is 22.3 Å². The number of morpholine rings is 1. The second-order valence-electron chi connectivity index (χ2n) is 5.05. The van der Waals surface area contributed by atoms with Gasteiger partial charge in [0.1, 0.15) is 0 Å². The lowest BCUT2D eigenvalue weighted by Crippen LogP contribution is -2.38. The standard InChI is InChI=1S/C15H21IN2O2/c1-12-3-4-13(14(16)11-12)15(19)17-5-2-6-18-7-9-20-10-8-18/h3-4,11H,2,5-10H2,1H3,(H,17,19). The smallest absolute Gasteiger partial charge is 0.252 e. The summed E-state index contributed by atoms with van der Waals surface area (Å²) in [7, 11) is 0. The number of nitrogens with one attached hydrogen (secondary N) is 1. The number of rotatable bonds is 5. The SMILES string of the molecule is Cc1ccc(C(=O)NCCCN2CCOCC2)c(I)c1. The van der Waals surface area contributed by atoms with Gasteiger partial charge in [-0.25, -0.2) is 0 Å². The number of ether oxygens (including phenoxy) is 1. The summed E-state index contributed by atoms with van der Waals surface area (Å²) >= 11 is 2.21. The van der Waals surface area contributed by atoms with Gasteiger partial charge in [0, 0.05) is 23.2 Å². The highest BCUT2D eigenvalue weighted by Gasteiger charge is 2.11. The van der Waals surface area contributed by atoms with Gasteiger partial charge in [-0.15, -0.1) is 0 Å². The van der Waals surface area contributed by atoms with Crippen molar-refractivity contribution in [3.8, 4) is 0 Å². The van der Waals surface area contributed by atoms with Crippen molar-refractivity contribution in [3.05, 3.63) is 32.9 Å². The number of hydrogen-bond acceptors (Lipinski definition) is 3. The van der Waals surface area contributed by atoms with Crippen molar-refractivity contribution in [1.82, 2.24) is 10.2 Å². The van der Waals surface area contributed by atoms with Gasteiger partial charge in [0.05, 0.1) is 18.8 Å². The first kappa shape index (κ1) is 15.7. The van der Waals surface area contributed by atoms with Crippen LogP contribution in [0.2, 0.25) is 0 Å². The molecule has 0 atom stereocenters. The zero-order chi connectivity index (χ0) is 14.4. The van der Waals surface area contributed by atoms with Gasteiger partial charge in [0.2, 0.25) is 0 Å². The molecular weight excluding hydrogens is 367 g/mol. The molecular formula is C15H21IN2O2. The van der Waals surface area contributed by atoms with Crippen LogP contribution in [0.3, 0.4) is 0 Å². The van der Waals surface area contributed by atoms with E-state index in [-0.39, 0.29) is 5.91 Å². The van der Waals surface area contributed by atoms with Crippen molar-refractivity contribution in [2.75, 3.05) is 39.4 Å². The summed E-state index contributed by atoms with van der Waals surface area (Å²) in [5.74, 6) is 0.0244. The highest BCUT2D eigenvalue weighted by atomic mass is 127. The lowest BCUT2D eigenvalue weighted by atomic mass is 10.1. The third kappa shape index (κ3) is 4.71. The quantitative estimate of drug-likeness (QED) is 0.620. The average molecular weight is 388 g/mol. The topological polar surface area (TPSA) is 41.6 Å². The zero-order valence-electron chi connectivity index (χ0n) is 11.8. The maximum atomic E-state index is 12.1. The highest BCUT2D eigenvalue weighted by Crippen LogP contribution is 2.14. The molecule has 2 rings (SSSR count). The number of nitrogens with zero attached hydrogens (tertiary/aromatic N) is 1. The van der Waals surface area contributed by atoms with E-state index < -0.39 is 0 Å². The van der Waals surface area contributed by atoms with Crippen LogP contribution < -0.4 is 5.32 Å². The van der Waals surface area contributed by atoms with Crippen molar-refractivity contribution in [2.45, 2.75) is 13.3 Å². The number of hydrogen-bond donors (Lipinski definition) is 1. The van der Waals surface area contributed by atoms with Crippen LogP contribution in [0.5, 0.6) is 0 Å². The summed E-state index contributed by atoms with van der Waals surface area (Å²) in [6, 6.07) is 5.91. The van der Waals surface area contributed by atoms with E-state index in [4.69, 9.17) is 4.74 Å². The molecule has 0 spiro atoms. The van der Waals surface area contributed by atoms with E-state index in [1.54, 1.807) is 0 Å². The molecule has 4 nitrogen and oxygen atoms in total. The van der Waals surface area contributed by atoms with E-state index in [1.165, 1.54) is 5.56 Å². The molecule has 1 fully saturated rings. The van der Waals surface area contributed by atoms with Gasteiger partial charge in [0.15, 0.2) is 0 Å². The number of amides is 1. The first-order valence-corrected chi connectivity index (χ1v) is 8.09. The van der Waals surface area contributed by atoms with E-state index >= 15 is 0 Å². The molecule has 0 unspecified atom stereocenters. The molecule has 1 saturated heterocycles. The summed E-state index contributed by atoms with van der Waals surface area (Å²) in [4.78, 5) is 14.5. The summed E-state index contributed by atoms with van der Waals surface area (Å²) in [6.45, 7) is 7.44. The predicted molar refractivity (Wildman–Crippen MR) is 88.1 cm³/mol. The lowest BCUT2D eigenvalue weighted by Gasteiger charge is -2.26. The fraction of sp³-hybridized carbons (Fsp3) is 0.533. The van der Waals surface area contributed by atoms with Crippen LogP contribution in [0.4, 0.5) is 0 Å². The van der Waals surface area contributed by atoms with E-state index in [2.05, 4.69) is 32.8 Å². The highest BCUT2D eigenvalue weighted by molar-refractivity contribution is 14.1. The molecule has 0 radical (unpaired) electrons. The van der Waals surface area contributed by atoms with Crippen LogP contribution >= 0.6 is 22.6 Å². The number of carbonyl (C=O) groups is 1. The van der Waals surface area contributed by atoms with E-state index in [0.717, 1.165) is 54.9 Å². The van der Waals surface area contributed by atoms with Gasteiger partial charge >= 0.3 is 0 Å². The Morgan fingerprint density at radius 2 is 2.15 bits per heavy atom. The molecule has 0 aliphatic carbocycles. The summed E-state index contributed by atoms with van der Waals surface area (Å²) in [5, 5.41) is 3.00. The lowest BCUT2D eigenvalue weighted by molar-refractivity contribution is 0.0374. The van der Waals surface area contributed by atoms with Crippen LogP contribution in [0, 0.1) is 10.5 Å². The Balaban J connectivity index is 1.72. The number of benzene rings is 1. The average Bonchev–Trinajstić information content (AvgIpc) is 2.44. The van der Waals surface area contributed by atoms with E-state index in [1.807, 2.05) is 25.1 Å². The molecule has 20 heavy (non-hydrogen) atoms. The van der Waals surface area contributed by atoms with Gasteiger partial charge in [-0.1, -0.05) is 11.6 Å². The molecule has 1 aliphatic heterocycles. The minimum Gasteiger partial charge on any atom is -0.379 e. The number of halogens is 1. The fourth-order valence-corrected chi connectivity index (χ4v) is 3.14. The molecule has 1 heterocycles. The van der Waals surface area contributed by atoms with Gasteiger partial charge < -0.3 is 10.1 Å². The van der Waals surface area contributed by atoms with Gasteiger partial charge in [-0.2, -0.15) is 0 Å². The molecule has 5 heteroatoms. The van der Waals surface area contributed by atoms with Crippen LogP contribution in [-0.4, -0.2) is 50.2 Å². The molecule has 1 amide bonds. The Bertz CT molecular complexity index is 459. The summed E-state index contributed by atoms with van der Waals surface area (Å²) in [6.07, 6.45) is 0.980. The van der Waals surface area contributed by atoms with E-state index in [9.17, 15) is 4.79 Å². The molecule has 1 N–H and O–H groups in total. The van der Waals surface area contributed by atoms with Crippen LogP contribution in [0.15, 0.2) is 18.2 Å². The maximum absolute atomic E-state index is 12.1. The van der Waals surface area contributed by atoms with Gasteiger partial charge in [-0.05, 0) is 54.6 Å². The Hall–Kier alpha value is -0.660. The monoisotopic (exact) mass is 388 g/mol. The number of carbonyl (C=O) groups excluding carboxylic acids is 1. The Morgan fingerprint density at radius 1 is 1.40 bits per heavy atom. The van der Waals surface area contributed by atoms with Crippen molar-refractivity contribution < 1.29 is 9.53 Å². The molecule has 110 valence electrons. The van der Waals surface area contributed by atoms with Crippen molar-refractivity contribution in [2.24, 2.45) is 0 Å². The van der Waals surface area contributed by atoms with Gasteiger partial charge in [0.25, 0.3) is 5.91 Å². The Morgan fingerprint density at radius 3 is 2.85 bits per heavy atom. The molecule has 0 bridgehead atoms. The molecule has 1 aromatic rings. The summed E-state index contributed by atoms with van der Waals surface area (Å²) < 4.78 is 6.32. The molecule has 0 saturated carbocycles. The van der Waals surface area contributed by atoms with Crippen molar-refractivity contribution >= 4 is 28.5 Å². The fourth-order valence-electron chi connectivity index (χ4n) is 2.23.